The summed E-state index contributed by atoms with van der Waals surface area (Å²) in [4.78, 5) is 0. The summed E-state index contributed by atoms with van der Waals surface area (Å²) in [6.45, 7) is 2.14. The lowest BCUT2D eigenvalue weighted by Gasteiger charge is -2.10. The highest BCUT2D eigenvalue weighted by Crippen LogP contribution is 2.43. The van der Waals surface area contributed by atoms with Crippen LogP contribution in [0.1, 0.15) is 16.6 Å². The first-order valence-corrected chi connectivity index (χ1v) is 4.41. The molecule has 0 fully saturated rings. The number of hydrogen-bond acceptors (Lipinski definition) is 3. The van der Waals surface area contributed by atoms with E-state index in [1.807, 2.05) is 0 Å². The summed E-state index contributed by atoms with van der Waals surface area (Å²) in [5, 5.41) is 0. The molecule has 0 radical (unpaired) electrons. The Balaban J connectivity index is 4.14. The first-order chi connectivity index (χ1) is 5.06. The lowest BCUT2D eigenvalue weighted by atomic mass is 10.9. The molecule has 0 spiro atoms. The van der Waals surface area contributed by atoms with Crippen molar-refractivity contribution in [2.45, 2.75) is 13.8 Å². The average molecular weight is 154 g/mol. The van der Waals surface area contributed by atoms with Gasteiger partial charge in [-0.25, -0.2) is 0 Å². The van der Waals surface area contributed by atoms with Crippen LogP contribution in [-0.4, -0.2) is 19.8 Å². The van der Waals surface area contributed by atoms with Crippen LogP contribution in [0.25, 0.3) is 0 Å². The van der Waals surface area contributed by atoms with Gasteiger partial charge in [-0.15, -0.1) is 0 Å². The SMILES string of the molecule is [2H]C([2H])P(=O)(OCC)OCC. The van der Waals surface area contributed by atoms with E-state index in [2.05, 4.69) is 9.05 Å². The second kappa shape index (κ2) is 4.04. The third kappa shape index (κ3) is 4.64. The van der Waals surface area contributed by atoms with Crippen LogP contribution in [0, 0.1) is 0 Å². The van der Waals surface area contributed by atoms with Gasteiger partial charge in [0, 0.05) is 9.36 Å². The Bertz CT molecular complexity index is 141. The van der Waals surface area contributed by atoms with Gasteiger partial charge in [-0.1, -0.05) is 0 Å². The van der Waals surface area contributed by atoms with Crippen molar-refractivity contribution < 1.29 is 16.4 Å². The molecule has 0 aliphatic heterocycles. The zero-order chi connectivity index (χ0) is 8.91. The fourth-order valence-electron chi connectivity index (χ4n) is 0.397. The molecule has 3 nitrogen and oxygen atoms in total. The Morgan fingerprint density at radius 1 is 1.44 bits per heavy atom. The second-order valence-electron chi connectivity index (χ2n) is 1.38. The summed E-state index contributed by atoms with van der Waals surface area (Å²) < 4.78 is 34.5. The summed E-state index contributed by atoms with van der Waals surface area (Å²) in [6, 6.07) is 0. The van der Waals surface area contributed by atoms with Crippen LogP contribution < -0.4 is 0 Å². The topological polar surface area (TPSA) is 35.5 Å². The molecule has 0 saturated heterocycles. The molecule has 0 bridgehead atoms. The predicted octanol–water partition coefficient (Wildman–Crippen LogP) is 1.88. The van der Waals surface area contributed by atoms with Gasteiger partial charge in [0.15, 0.2) is 0 Å². The minimum atomic E-state index is -3.46. The molecule has 0 amide bonds. The van der Waals surface area contributed by atoms with Crippen molar-refractivity contribution in [1.29, 1.82) is 0 Å². The molecular weight excluding hydrogens is 139 g/mol. The Labute approximate surface area is 58.7 Å². The zero-order valence-electron chi connectivity index (χ0n) is 7.66. The summed E-state index contributed by atoms with van der Waals surface area (Å²) in [6.07, 6.45) is 0. The average Bonchev–Trinajstić information content (AvgIpc) is 1.88. The molecule has 0 aromatic heterocycles. The molecule has 0 aromatic rings. The molecule has 0 aliphatic carbocycles. The van der Waals surface area contributed by atoms with Crippen molar-refractivity contribution in [3.63, 3.8) is 0 Å². The smallest absolute Gasteiger partial charge is 0.309 e. The van der Waals surface area contributed by atoms with Gasteiger partial charge in [-0.05, 0) is 13.8 Å². The highest BCUT2D eigenvalue weighted by molar-refractivity contribution is 7.52. The van der Waals surface area contributed by atoms with E-state index in [0.717, 1.165) is 0 Å². The molecule has 4 heteroatoms. The zero-order valence-corrected chi connectivity index (χ0v) is 6.56. The summed E-state index contributed by atoms with van der Waals surface area (Å²) in [5.41, 5.74) is 0. The van der Waals surface area contributed by atoms with Crippen LogP contribution in [0.5, 0.6) is 0 Å². The maximum atomic E-state index is 11.3. The Morgan fingerprint density at radius 2 is 1.89 bits per heavy atom. The van der Waals surface area contributed by atoms with Gasteiger partial charge in [0.05, 0.1) is 13.2 Å². The van der Waals surface area contributed by atoms with Gasteiger partial charge in [0.25, 0.3) is 0 Å². The molecule has 0 aliphatic rings. The van der Waals surface area contributed by atoms with Crippen molar-refractivity contribution in [3.8, 4) is 0 Å². The van der Waals surface area contributed by atoms with Gasteiger partial charge in [-0.3, -0.25) is 4.57 Å². The standard InChI is InChI=1S/C5H13O3P/c1-4-7-9(3,6)8-5-2/h4-5H2,1-3H3/i3D2. The molecule has 9 heavy (non-hydrogen) atoms. The van der Waals surface area contributed by atoms with Crippen molar-refractivity contribution in [1.82, 2.24) is 0 Å². The molecule has 0 saturated carbocycles. The number of hydrogen-bond donors (Lipinski definition) is 0. The lowest BCUT2D eigenvalue weighted by Crippen LogP contribution is -1.92. The van der Waals surface area contributed by atoms with E-state index < -0.39 is 14.2 Å². The molecule has 0 aromatic carbocycles. The number of rotatable bonds is 4. The normalized spacial score (nSPS) is 15.4. The lowest BCUT2D eigenvalue weighted by molar-refractivity contribution is 0.225. The molecular formula is C5H13O3P. The summed E-state index contributed by atoms with van der Waals surface area (Å²) in [7, 11) is -3.46. The van der Waals surface area contributed by atoms with Crippen LogP contribution in [-0.2, 0) is 13.6 Å². The third-order valence-electron chi connectivity index (χ3n) is 0.618. The van der Waals surface area contributed by atoms with E-state index in [-0.39, 0.29) is 13.2 Å². The molecule has 0 N–H and O–H groups in total. The second-order valence-corrected chi connectivity index (χ2v) is 2.97. The molecule has 56 valence electrons. The van der Waals surface area contributed by atoms with Gasteiger partial charge in [0.2, 0.25) is 0 Å². The predicted molar refractivity (Wildman–Crippen MR) is 36.8 cm³/mol. The molecule has 0 unspecified atom stereocenters. The van der Waals surface area contributed by atoms with Crippen molar-refractivity contribution in [3.05, 3.63) is 0 Å². The van der Waals surface area contributed by atoms with E-state index in [1.165, 1.54) is 0 Å². The largest absolute Gasteiger partial charge is 0.327 e. The Kier molecular flexibility index (Phi) is 2.65. The fourth-order valence-corrected chi connectivity index (χ4v) is 1.19. The Hall–Kier alpha value is 0.150. The fraction of sp³-hybridized carbons (Fsp3) is 1.00. The van der Waals surface area contributed by atoms with Crippen molar-refractivity contribution in [2.75, 3.05) is 19.8 Å². The summed E-state index contributed by atoms with van der Waals surface area (Å²) in [5.74, 6) is 0. The van der Waals surface area contributed by atoms with Crippen molar-refractivity contribution in [2.24, 2.45) is 0 Å². The Morgan fingerprint density at radius 3 is 2.11 bits per heavy atom. The van der Waals surface area contributed by atoms with E-state index in [4.69, 9.17) is 2.74 Å². The van der Waals surface area contributed by atoms with E-state index in [9.17, 15) is 4.57 Å². The van der Waals surface area contributed by atoms with Gasteiger partial charge < -0.3 is 9.05 Å². The highest BCUT2D eigenvalue weighted by atomic mass is 31.2. The van der Waals surface area contributed by atoms with Gasteiger partial charge in [0.1, 0.15) is 0 Å². The maximum absolute atomic E-state index is 11.3. The van der Waals surface area contributed by atoms with Crippen LogP contribution in [0.2, 0.25) is 0 Å². The van der Waals surface area contributed by atoms with Crippen molar-refractivity contribution >= 4 is 7.60 Å². The quantitative estimate of drug-likeness (QED) is 0.580. The van der Waals surface area contributed by atoms with E-state index >= 15 is 0 Å². The minimum absolute atomic E-state index is 0.200. The molecule has 0 heterocycles. The maximum Gasteiger partial charge on any atom is 0.327 e. The first kappa shape index (κ1) is 5.90. The van der Waals surface area contributed by atoms with Crippen LogP contribution in [0.3, 0.4) is 0 Å². The van der Waals surface area contributed by atoms with Gasteiger partial charge in [-0.2, -0.15) is 0 Å². The van der Waals surface area contributed by atoms with Crippen LogP contribution in [0.4, 0.5) is 0 Å². The third-order valence-corrected chi connectivity index (χ3v) is 1.85. The highest BCUT2D eigenvalue weighted by Gasteiger charge is 2.13. The monoisotopic (exact) mass is 154 g/mol. The molecule has 0 rings (SSSR count). The van der Waals surface area contributed by atoms with Crippen LogP contribution in [0.15, 0.2) is 0 Å². The van der Waals surface area contributed by atoms with Gasteiger partial charge >= 0.3 is 7.60 Å². The summed E-state index contributed by atoms with van der Waals surface area (Å²) >= 11 is 0. The van der Waals surface area contributed by atoms with E-state index in [1.54, 1.807) is 13.8 Å². The minimum Gasteiger partial charge on any atom is -0.309 e. The van der Waals surface area contributed by atoms with E-state index in [0.29, 0.717) is 0 Å². The first-order valence-electron chi connectivity index (χ1n) is 3.95. The van der Waals surface area contributed by atoms with Crippen LogP contribution >= 0.6 is 7.60 Å². The molecule has 0 atom stereocenters.